The molecule has 1 amide bonds. The molecule has 5 nitrogen and oxygen atoms in total. The van der Waals surface area contributed by atoms with E-state index in [0.29, 0.717) is 4.88 Å². The van der Waals surface area contributed by atoms with Gasteiger partial charge in [0, 0.05) is 11.1 Å². The second-order valence-corrected chi connectivity index (χ2v) is 5.74. The third kappa shape index (κ3) is 2.42. The molecule has 0 atom stereocenters. The highest BCUT2D eigenvalue weighted by Gasteiger charge is 2.18. The zero-order valence-corrected chi connectivity index (χ0v) is 11.4. The minimum Gasteiger partial charge on any atom is -0.478 e. The maximum absolute atomic E-state index is 12.1. The van der Waals surface area contributed by atoms with Crippen LogP contribution >= 0.6 is 11.3 Å². The summed E-state index contributed by atoms with van der Waals surface area (Å²) in [5.41, 5.74) is 1.36. The van der Waals surface area contributed by atoms with Crippen LogP contribution in [0.25, 0.3) is 0 Å². The lowest BCUT2D eigenvalue weighted by Gasteiger charge is -2.03. The van der Waals surface area contributed by atoms with Crippen LogP contribution in [0, 0.1) is 0 Å². The summed E-state index contributed by atoms with van der Waals surface area (Å²) < 4.78 is 0. The predicted molar refractivity (Wildman–Crippen MR) is 75.5 cm³/mol. The Morgan fingerprint density at radius 1 is 1.30 bits per heavy atom. The number of fused-ring (bicyclic) bond motifs is 1. The van der Waals surface area contributed by atoms with E-state index in [1.165, 1.54) is 40.1 Å². The number of aryl methyl sites for hydroxylation is 2. The van der Waals surface area contributed by atoms with Crippen LogP contribution in [0.1, 0.15) is 36.9 Å². The number of carboxylic acid groups (broad SMARTS) is 1. The van der Waals surface area contributed by atoms with E-state index in [1.54, 1.807) is 0 Å². The maximum Gasteiger partial charge on any atom is 0.335 e. The normalized spacial score (nSPS) is 13.0. The predicted octanol–water partition coefficient (Wildman–Crippen LogP) is 2.58. The van der Waals surface area contributed by atoms with E-state index in [1.807, 2.05) is 6.07 Å². The number of amides is 1. The number of pyridine rings is 1. The van der Waals surface area contributed by atoms with Crippen LogP contribution in [0.4, 0.5) is 5.82 Å². The number of carbonyl (C=O) groups is 2. The highest BCUT2D eigenvalue weighted by Crippen LogP contribution is 2.30. The van der Waals surface area contributed by atoms with Crippen molar-refractivity contribution in [1.82, 2.24) is 4.98 Å². The topological polar surface area (TPSA) is 79.3 Å². The van der Waals surface area contributed by atoms with Gasteiger partial charge in [-0.3, -0.25) is 4.79 Å². The van der Waals surface area contributed by atoms with Crippen molar-refractivity contribution in [3.8, 4) is 0 Å². The molecule has 0 radical (unpaired) electrons. The van der Waals surface area contributed by atoms with Crippen LogP contribution in [0.2, 0.25) is 0 Å². The summed E-state index contributed by atoms with van der Waals surface area (Å²) in [5.74, 6) is -1.03. The summed E-state index contributed by atoms with van der Waals surface area (Å²) in [7, 11) is 0. The standard InChI is InChI=1S/C14H12N2O3S/c17-13(11-6-8-2-1-3-10(8)20-11)16-12-7-9(14(18)19)4-5-15-12/h4-7H,1-3H2,(H,18,19)(H,15,16,17). The molecule has 0 unspecified atom stereocenters. The molecule has 1 aliphatic rings. The van der Waals surface area contributed by atoms with Gasteiger partial charge in [0.2, 0.25) is 0 Å². The summed E-state index contributed by atoms with van der Waals surface area (Å²) in [4.78, 5) is 28.9. The third-order valence-electron chi connectivity index (χ3n) is 3.22. The van der Waals surface area contributed by atoms with Crippen molar-refractivity contribution in [2.75, 3.05) is 5.32 Å². The van der Waals surface area contributed by atoms with Gasteiger partial charge in [0.05, 0.1) is 10.4 Å². The quantitative estimate of drug-likeness (QED) is 0.909. The van der Waals surface area contributed by atoms with Gasteiger partial charge in [-0.15, -0.1) is 11.3 Å². The number of nitrogens with one attached hydrogen (secondary N) is 1. The maximum atomic E-state index is 12.1. The molecule has 6 heteroatoms. The van der Waals surface area contributed by atoms with Crippen molar-refractivity contribution in [3.05, 3.63) is 45.3 Å². The molecule has 3 rings (SSSR count). The molecule has 102 valence electrons. The molecule has 1 aliphatic carbocycles. The molecule has 2 aromatic rings. The van der Waals surface area contributed by atoms with Gasteiger partial charge in [0.15, 0.2) is 0 Å². The van der Waals surface area contributed by atoms with Crippen LogP contribution in [0.3, 0.4) is 0 Å². The van der Waals surface area contributed by atoms with Gasteiger partial charge in [-0.25, -0.2) is 9.78 Å². The fraction of sp³-hybridized carbons (Fsp3) is 0.214. The largest absolute Gasteiger partial charge is 0.478 e. The van der Waals surface area contributed by atoms with Gasteiger partial charge in [-0.1, -0.05) is 0 Å². The van der Waals surface area contributed by atoms with E-state index in [-0.39, 0.29) is 17.3 Å². The van der Waals surface area contributed by atoms with Gasteiger partial charge in [0.1, 0.15) is 5.82 Å². The van der Waals surface area contributed by atoms with E-state index in [4.69, 9.17) is 5.11 Å². The van der Waals surface area contributed by atoms with Crippen molar-refractivity contribution >= 4 is 29.0 Å². The summed E-state index contributed by atoms with van der Waals surface area (Å²) in [6, 6.07) is 4.66. The molecule has 0 saturated carbocycles. The second kappa shape index (κ2) is 5.05. The molecule has 0 aliphatic heterocycles. The Morgan fingerprint density at radius 2 is 2.15 bits per heavy atom. The molecule has 0 bridgehead atoms. The minimum atomic E-state index is -1.04. The van der Waals surface area contributed by atoms with Crippen LogP contribution in [0.15, 0.2) is 24.4 Å². The number of hydrogen-bond donors (Lipinski definition) is 2. The van der Waals surface area contributed by atoms with Crippen LogP contribution < -0.4 is 5.32 Å². The highest BCUT2D eigenvalue weighted by molar-refractivity contribution is 7.14. The first-order valence-electron chi connectivity index (χ1n) is 6.26. The zero-order valence-electron chi connectivity index (χ0n) is 10.5. The lowest BCUT2D eigenvalue weighted by Crippen LogP contribution is -2.12. The Morgan fingerprint density at radius 3 is 2.90 bits per heavy atom. The number of rotatable bonds is 3. The Hall–Kier alpha value is -2.21. The number of nitrogens with zero attached hydrogens (tertiary/aromatic N) is 1. The minimum absolute atomic E-state index is 0.101. The summed E-state index contributed by atoms with van der Waals surface area (Å²) in [5, 5.41) is 11.5. The van der Waals surface area contributed by atoms with Crippen molar-refractivity contribution < 1.29 is 14.7 Å². The highest BCUT2D eigenvalue weighted by atomic mass is 32.1. The Kier molecular flexibility index (Phi) is 3.23. The van der Waals surface area contributed by atoms with E-state index in [0.717, 1.165) is 19.3 Å². The molecule has 2 aromatic heterocycles. The van der Waals surface area contributed by atoms with E-state index in [9.17, 15) is 9.59 Å². The first-order chi connectivity index (χ1) is 9.63. The molecular formula is C14H12N2O3S. The van der Waals surface area contributed by atoms with E-state index < -0.39 is 5.97 Å². The first kappa shape index (κ1) is 12.8. The Bertz CT molecular complexity index is 672. The Balaban J connectivity index is 1.78. The van der Waals surface area contributed by atoms with Gasteiger partial charge in [-0.2, -0.15) is 0 Å². The lowest BCUT2D eigenvalue weighted by atomic mass is 10.2. The third-order valence-corrected chi connectivity index (χ3v) is 4.45. The van der Waals surface area contributed by atoms with Crippen LogP contribution in [-0.4, -0.2) is 22.0 Å². The smallest absolute Gasteiger partial charge is 0.335 e. The van der Waals surface area contributed by atoms with Gasteiger partial charge in [0.25, 0.3) is 5.91 Å². The molecule has 2 N–H and O–H groups in total. The number of anilines is 1. The number of carbonyl (C=O) groups excluding carboxylic acids is 1. The molecular weight excluding hydrogens is 276 g/mol. The average Bonchev–Trinajstić information content (AvgIpc) is 2.99. The van der Waals surface area contributed by atoms with Crippen molar-refractivity contribution in [1.29, 1.82) is 0 Å². The van der Waals surface area contributed by atoms with E-state index in [2.05, 4.69) is 10.3 Å². The number of hydrogen-bond acceptors (Lipinski definition) is 4. The van der Waals surface area contributed by atoms with Crippen LogP contribution in [-0.2, 0) is 12.8 Å². The van der Waals surface area contributed by atoms with Gasteiger partial charge in [-0.05, 0) is 43.0 Å². The van der Waals surface area contributed by atoms with Crippen molar-refractivity contribution in [2.24, 2.45) is 0 Å². The fourth-order valence-corrected chi connectivity index (χ4v) is 3.40. The number of carboxylic acids is 1. The number of thiophene rings is 1. The Labute approximate surface area is 119 Å². The first-order valence-corrected chi connectivity index (χ1v) is 7.07. The molecule has 2 heterocycles. The van der Waals surface area contributed by atoms with Gasteiger partial charge >= 0.3 is 5.97 Å². The second-order valence-electron chi connectivity index (χ2n) is 4.60. The monoisotopic (exact) mass is 288 g/mol. The van der Waals surface area contributed by atoms with Crippen LogP contribution in [0.5, 0.6) is 0 Å². The van der Waals surface area contributed by atoms with Crippen molar-refractivity contribution in [3.63, 3.8) is 0 Å². The molecule has 20 heavy (non-hydrogen) atoms. The summed E-state index contributed by atoms with van der Waals surface area (Å²) in [6.07, 6.45) is 4.60. The summed E-state index contributed by atoms with van der Waals surface area (Å²) in [6.45, 7) is 0. The zero-order chi connectivity index (χ0) is 14.1. The number of aromatic carboxylic acids is 1. The molecule has 0 aromatic carbocycles. The van der Waals surface area contributed by atoms with Gasteiger partial charge < -0.3 is 10.4 Å². The molecule has 0 saturated heterocycles. The molecule has 0 spiro atoms. The SMILES string of the molecule is O=C(O)c1ccnc(NC(=O)c2cc3c(s2)CCC3)c1. The van der Waals surface area contributed by atoms with Crippen molar-refractivity contribution in [2.45, 2.75) is 19.3 Å². The number of aromatic nitrogens is 1. The van der Waals surface area contributed by atoms with E-state index >= 15 is 0 Å². The molecule has 0 fully saturated rings. The summed E-state index contributed by atoms with van der Waals surface area (Å²) >= 11 is 1.50. The average molecular weight is 288 g/mol. The fourth-order valence-electron chi connectivity index (χ4n) is 2.25. The lowest BCUT2D eigenvalue weighted by molar-refractivity contribution is 0.0696.